The van der Waals surface area contributed by atoms with E-state index < -0.39 is 0 Å². The minimum absolute atomic E-state index is 0.965. The van der Waals surface area contributed by atoms with Gasteiger partial charge in [-0.2, -0.15) is 5.10 Å². The SMILES string of the molecule is C1=C\CCN/N=C\C/1. The van der Waals surface area contributed by atoms with Crippen LogP contribution in [0.4, 0.5) is 0 Å². The van der Waals surface area contributed by atoms with Crippen LogP contribution < -0.4 is 5.43 Å². The van der Waals surface area contributed by atoms with Crippen LogP contribution in [0.5, 0.6) is 0 Å². The molecular weight excluding hydrogens is 100 g/mol. The first-order valence-corrected chi connectivity index (χ1v) is 2.89. The van der Waals surface area contributed by atoms with Gasteiger partial charge in [0.15, 0.2) is 0 Å². The van der Waals surface area contributed by atoms with Gasteiger partial charge in [-0.05, 0) is 6.42 Å². The van der Waals surface area contributed by atoms with Crippen LogP contribution in [0.15, 0.2) is 17.3 Å². The van der Waals surface area contributed by atoms with Crippen LogP contribution in [0.3, 0.4) is 0 Å². The van der Waals surface area contributed by atoms with E-state index in [-0.39, 0.29) is 0 Å². The first-order valence-electron chi connectivity index (χ1n) is 2.89. The third-order valence-electron chi connectivity index (χ3n) is 1.01. The molecule has 0 fully saturated rings. The molecule has 1 N–H and O–H groups in total. The molecule has 0 bridgehead atoms. The molecule has 1 aliphatic rings. The Morgan fingerprint density at radius 2 is 2.38 bits per heavy atom. The molecule has 1 rings (SSSR count). The molecule has 2 heteroatoms. The van der Waals surface area contributed by atoms with E-state index >= 15 is 0 Å². The summed E-state index contributed by atoms with van der Waals surface area (Å²) in [6.45, 7) is 0.965. The average Bonchev–Trinajstić information content (AvgIpc) is 1.62. The van der Waals surface area contributed by atoms with Crippen molar-refractivity contribution in [3.05, 3.63) is 12.2 Å². The molecule has 0 aromatic rings. The van der Waals surface area contributed by atoms with E-state index in [0.717, 1.165) is 19.4 Å². The van der Waals surface area contributed by atoms with Gasteiger partial charge in [0, 0.05) is 19.2 Å². The van der Waals surface area contributed by atoms with Gasteiger partial charge in [0.25, 0.3) is 0 Å². The first-order chi connectivity index (χ1) is 4.00. The lowest BCUT2D eigenvalue weighted by atomic mass is 10.3. The maximum absolute atomic E-state index is 3.90. The molecule has 0 amide bonds. The largest absolute Gasteiger partial charge is 0.310 e. The summed E-state index contributed by atoms with van der Waals surface area (Å²) in [6.07, 6.45) is 8.22. The molecule has 1 aliphatic heterocycles. The molecule has 0 aromatic heterocycles. The Morgan fingerprint density at radius 1 is 1.38 bits per heavy atom. The lowest BCUT2D eigenvalue weighted by molar-refractivity contribution is 0.739. The molecule has 0 atom stereocenters. The molecule has 0 aromatic carbocycles. The second-order valence-corrected chi connectivity index (χ2v) is 1.72. The summed E-state index contributed by atoms with van der Waals surface area (Å²) in [5.74, 6) is 0. The summed E-state index contributed by atoms with van der Waals surface area (Å²) in [5, 5.41) is 3.90. The maximum Gasteiger partial charge on any atom is 0.0364 e. The summed E-state index contributed by atoms with van der Waals surface area (Å²) < 4.78 is 0. The lowest BCUT2D eigenvalue weighted by Crippen LogP contribution is -2.07. The fourth-order valence-electron chi connectivity index (χ4n) is 0.605. The van der Waals surface area contributed by atoms with Crippen molar-refractivity contribution in [2.75, 3.05) is 6.54 Å². The van der Waals surface area contributed by atoms with E-state index in [9.17, 15) is 0 Å². The van der Waals surface area contributed by atoms with Crippen molar-refractivity contribution in [2.45, 2.75) is 12.8 Å². The van der Waals surface area contributed by atoms with Gasteiger partial charge in [-0.15, -0.1) is 0 Å². The highest BCUT2D eigenvalue weighted by molar-refractivity contribution is 5.58. The van der Waals surface area contributed by atoms with Gasteiger partial charge in [0.2, 0.25) is 0 Å². The van der Waals surface area contributed by atoms with Crippen molar-refractivity contribution in [3.63, 3.8) is 0 Å². The van der Waals surface area contributed by atoms with Crippen LogP contribution in [-0.2, 0) is 0 Å². The summed E-state index contributed by atoms with van der Waals surface area (Å²) in [5.41, 5.74) is 2.91. The van der Waals surface area contributed by atoms with Crippen LogP contribution in [-0.4, -0.2) is 12.8 Å². The molecule has 0 saturated heterocycles. The molecule has 8 heavy (non-hydrogen) atoms. The molecule has 0 aliphatic carbocycles. The van der Waals surface area contributed by atoms with Gasteiger partial charge in [0.1, 0.15) is 0 Å². The Morgan fingerprint density at radius 3 is 3.38 bits per heavy atom. The van der Waals surface area contributed by atoms with Gasteiger partial charge in [-0.1, -0.05) is 12.2 Å². The van der Waals surface area contributed by atoms with Crippen LogP contribution >= 0.6 is 0 Å². The third kappa shape index (κ3) is 1.78. The monoisotopic (exact) mass is 110 g/mol. The predicted octanol–water partition coefficient (Wildman–Crippen LogP) is 0.912. The average molecular weight is 110 g/mol. The van der Waals surface area contributed by atoms with Gasteiger partial charge in [-0.3, -0.25) is 0 Å². The van der Waals surface area contributed by atoms with E-state index in [2.05, 4.69) is 22.7 Å². The van der Waals surface area contributed by atoms with Crippen molar-refractivity contribution in [1.82, 2.24) is 5.43 Å². The number of nitrogens with one attached hydrogen (secondary N) is 1. The van der Waals surface area contributed by atoms with E-state index in [1.54, 1.807) is 0 Å². The Labute approximate surface area is 49.3 Å². The van der Waals surface area contributed by atoms with Gasteiger partial charge in [0.05, 0.1) is 0 Å². The summed E-state index contributed by atoms with van der Waals surface area (Å²) in [7, 11) is 0. The molecular formula is C6H10N2. The molecule has 1 heterocycles. The number of rotatable bonds is 0. The number of allylic oxidation sites excluding steroid dienone is 1. The quantitative estimate of drug-likeness (QED) is 0.460. The topological polar surface area (TPSA) is 24.4 Å². The summed E-state index contributed by atoms with van der Waals surface area (Å²) in [6, 6.07) is 0. The molecule has 2 nitrogen and oxygen atoms in total. The highest BCUT2D eigenvalue weighted by atomic mass is 15.3. The molecule has 0 radical (unpaired) electrons. The molecule has 44 valence electrons. The minimum atomic E-state index is 0.965. The highest BCUT2D eigenvalue weighted by Crippen LogP contribution is 1.86. The second-order valence-electron chi connectivity index (χ2n) is 1.72. The number of hydrazone groups is 1. The van der Waals surface area contributed by atoms with Gasteiger partial charge < -0.3 is 5.43 Å². The maximum atomic E-state index is 3.90. The summed E-state index contributed by atoms with van der Waals surface area (Å²) in [4.78, 5) is 0. The Balaban J connectivity index is 2.31. The van der Waals surface area contributed by atoms with Crippen LogP contribution in [0.25, 0.3) is 0 Å². The molecule has 0 spiro atoms. The smallest absolute Gasteiger partial charge is 0.0364 e. The van der Waals surface area contributed by atoms with E-state index in [1.165, 1.54) is 0 Å². The van der Waals surface area contributed by atoms with Crippen molar-refractivity contribution in [3.8, 4) is 0 Å². The predicted molar refractivity (Wildman–Crippen MR) is 34.9 cm³/mol. The minimum Gasteiger partial charge on any atom is -0.310 e. The zero-order valence-electron chi connectivity index (χ0n) is 4.80. The van der Waals surface area contributed by atoms with E-state index in [1.807, 2.05) is 6.21 Å². The summed E-state index contributed by atoms with van der Waals surface area (Å²) >= 11 is 0. The van der Waals surface area contributed by atoms with Crippen molar-refractivity contribution >= 4 is 6.21 Å². The highest BCUT2D eigenvalue weighted by Gasteiger charge is 1.80. The molecule has 0 saturated carbocycles. The number of hydrogen-bond acceptors (Lipinski definition) is 2. The van der Waals surface area contributed by atoms with Crippen LogP contribution in [0.1, 0.15) is 12.8 Å². The van der Waals surface area contributed by atoms with Crippen LogP contribution in [0.2, 0.25) is 0 Å². The lowest BCUT2D eigenvalue weighted by Gasteiger charge is -1.96. The zero-order valence-corrected chi connectivity index (χ0v) is 4.80. The third-order valence-corrected chi connectivity index (χ3v) is 1.01. The van der Waals surface area contributed by atoms with Crippen LogP contribution in [0, 0.1) is 0 Å². The fourth-order valence-corrected chi connectivity index (χ4v) is 0.605. The van der Waals surface area contributed by atoms with E-state index in [0.29, 0.717) is 0 Å². The normalized spacial score (nSPS) is 27.0. The Bertz CT molecular complexity index is 93.1. The van der Waals surface area contributed by atoms with E-state index in [4.69, 9.17) is 0 Å². The van der Waals surface area contributed by atoms with Crippen molar-refractivity contribution in [2.24, 2.45) is 5.10 Å². The van der Waals surface area contributed by atoms with Gasteiger partial charge in [-0.25, -0.2) is 0 Å². The number of hydrogen-bond donors (Lipinski definition) is 1. The fraction of sp³-hybridized carbons (Fsp3) is 0.500. The standard InChI is InChI=1S/C6H10N2/c1-2-4-6-8-7-5-3-1/h1-2,5,8H,3-4,6H2/b2-1-,7-5-. The zero-order chi connectivity index (χ0) is 5.66. The Hall–Kier alpha value is -0.790. The number of nitrogens with zero attached hydrogens (tertiary/aromatic N) is 1. The second kappa shape index (κ2) is 3.24. The van der Waals surface area contributed by atoms with Crippen molar-refractivity contribution in [1.29, 1.82) is 0 Å². The van der Waals surface area contributed by atoms with Gasteiger partial charge >= 0.3 is 0 Å². The first kappa shape index (κ1) is 5.35. The van der Waals surface area contributed by atoms with Crippen molar-refractivity contribution < 1.29 is 0 Å². The Kier molecular flexibility index (Phi) is 2.17. The molecule has 0 unspecified atom stereocenters.